The quantitative estimate of drug-likeness (QED) is 0.573. The summed E-state index contributed by atoms with van der Waals surface area (Å²) in [5, 5.41) is 0.984. The third-order valence-electron chi connectivity index (χ3n) is 4.82. The number of nitrogens with zero attached hydrogens (tertiary/aromatic N) is 5. The van der Waals surface area contributed by atoms with Crippen molar-refractivity contribution < 1.29 is 4.79 Å². The minimum atomic E-state index is -0.116. The number of rotatable bonds is 1. The molecule has 0 bridgehead atoms. The van der Waals surface area contributed by atoms with Crippen molar-refractivity contribution in [3.05, 3.63) is 54.4 Å². The molecule has 1 atom stereocenters. The van der Waals surface area contributed by atoms with E-state index in [9.17, 15) is 4.79 Å². The zero-order chi connectivity index (χ0) is 17.8. The third kappa shape index (κ3) is 1.94. The largest absolute Gasteiger partial charge is 0.382 e. The SMILES string of the molecule is CC1CN(C(=O)c2cccnc2)c2nc3c(N)nc4ccccc4c3n21. The highest BCUT2D eigenvalue weighted by Gasteiger charge is 2.35. The zero-order valence-corrected chi connectivity index (χ0v) is 14.1. The molecule has 4 heterocycles. The van der Waals surface area contributed by atoms with Crippen LogP contribution in [0.3, 0.4) is 0 Å². The molecule has 0 fully saturated rings. The number of pyridine rings is 2. The van der Waals surface area contributed by atoms with Gasteiger partial charge >= 0.3 is 0 Å². The summed E-state index contributed by atoms with van der Waals surface area (Å²) in [4.78, 5) is 27.8. The van der Waals surface area contributed by atoms with Gasteiger partial charge in [-0.1, -0.05) is 18.2 Å². The van der Waals surface area contributed by atoms with Crippen LogP contribution in [-0.2, 0) is 0 Å². The Morgan fingerprint density at radius 1 is 1.19 bits per heavy atom. The number of para-hydroxylation sites is 1. The Morgan fingerprint density at radius 2 is 2.04 bits per heavy atom. The number of amides is 1. The Labute approximate surface area is 149 Å². The molecule has 1 amide bonds. The van der Waals surface area contributed by atoms with E-state index in [2.05, 4.69) is 26.4 Å². The van der Waals surface area contributed by atoms with Crippen LogP contribution in [0.25, 0.3) is 21.9 Å². The molecule has 4 aromatic rings. The van der Waals surface area contributed by atoms with Crippen molar-refractivity contribution in [3.63, 3.8) is 0 Å². The fourth-order valence-electron chi connectivity index (χ4n) is 3.67. The zero-order valence-electron chi connectivity index (χ0n) is 14.1. The van der Waals surface area contributed by atoms with E-state index in [0.717, 1.165) is 16.4 Å². The summed E-state index contributed by atoms with van der Waals surface area (Å²) < 4.78 is 2.09. The number of fused-ring (bicyclic) bond motifs is 5. The van der Waals surface area contributed by atoms with Crippen LogP contribution in [0.4, 0.5) is 11.8 Å². The number of aromatic nitrogens is 4. The van der Waals surface area contributed by atoms with Crippen molar-refractivity contribution in [1.82, 2.24) is 19.5 Å². The highest BCUT2D eigenvalue weighted by molar-refractivity contribution is 6.11. The average molecular weight is 344 g/mol. The predicted octanol–water partition coefficient (Wildman–Crippen LogP) is 2.78. The second-order valence-electron chi connectivity index (χ2n) is 6.50. The number of benzene rings is 1. The van der Waals surface area contributed by atoms with Gasteiger partial charge < -0.3 is 10.3 Å². The van der Waals surface area contributed by atoms with Crippen molar-refractivity contribution >= 4 is 39.6 Å². The number of hydrogen-bond acceptors (Lipinski definition) is 5. The van der Waals surface area contributed by atoms with Crippen molar-refractivity contribution in [3.8, 4) is 0 Å². The fraction of sp³-hybridized carbons (Fsp3) is 0.158. The first-order valence-electron chi connectivity index (χ1n) is 8.43. The van der Waals surface area contributed by atoms with E-state index >= 15 is 0 Å². The lowest BCUT2D eigenvalue weighted by atomic mass is 10.1. The van der Waals surface area contributed by atoms with Gasteiger partial charge in [-0.3, -0.25) is 14.7 Å². The second-order valence-corrected chi connectivity index (χ2v) is 6.50. The van der Waals surface area contributed by atoms with Crippen LogP contribution in [-0.4, -0.2) is 32.0 Å². The third-order valence-corrected chi connectivity index (χ3v) is 4.82. The molecule has 0 spiro atoms. The maximum atomic E-state index is 13.0. The van der Waals surface area contributed by atoms with Crippen LogP contribution >= 0.6 is 0 Å². The molecule has 0 aliphatic carbocycles. The Kier molecular flexibility index (Phi) is 3.00. The summed E-state index contributed by atoms with van der Waals surface area (Å²) in [6, 6.07) is 11.4. The summed E-state index contributed by atoms with van der Waals surface area (Å²) >= 11 is 0. The van der Waals surface area contributed by atoms with Crippen molar-refractivity contribution in [2.24, 2.45) is 0 Å². The maximum Gasteiger partial charge on any atom is 0.262 e. The summed E-state index contributed by atoms with van der Waals surface area (Å²) in [5.74, 6) is 0.864. The molecule has 0 saturated carbocycles. The molecule has 0 radical (unpaired) electrons. The van der Waals surface area contributed by atoms with Crippen LogP contribution in [0.5, 0.6) is 0 Å². The van der Waals surface area contributed by atoms with Crippen molar-refractivity contribution in [1.29, 1.82) is 0 Å². The highest BCUT2D eigenvalue weighted by atomic mass is 16.2. The van der Waals surface area contributed by atoms with Gasteiger partial charge in [0.25, 0.3) is 5.91 Å². The first kappa shape index (κ1) is 14.8. The maximum absolute atomic E-state index is 13.0. The van der Waals surface area contributed by atoms with E-state index in [1.165, 1.54) is 0 Å². The van der Waals surface area contributed by atoms with Crippen LogP contribution in [0.2, 0.25) is 0 Å². The van der Waals surface area contributed by atoms with E-state index < -0.39 is 0 Å². The Balaban J connectivity index is 1.76. The van der Waals surface area contributed by atoms with Crippen molar-refractivity contribution in [2.75, 3.05) is 17.2 Å². The molecule has 26 heavy (non-hydrogen) atoms. The number of hydrogen-bond donors (Lipinski definition) is 1. The minimum absolute atomic E-state index is 0.0841. The predicted molar refractivity (Wildman–Crippen MR) is 100 cm³/mol. The Bertz CT molecular complexity index is 1170. The highest BCUT2D eigenvalue weighted by Crippen LogP contribution is 2.38. The number of carbonyl (C=O) groups is 1. The first-order valence-corrected chi connectivity index (χ1v) is 8.43. The number of nitrogen functional groups attached to an aromatic ring is 1. The van der Waals surface area contributed by atoms with E-state index in [-0.39, 0.29) is 11.9 Å². The van der Waals surface area contributed by atoms with Gasteiger partial charge in [0.05, 0.1) is 22.6 Å². The van der Waals surface area contributed by atoms with Gasteiger partial charge in [-0.2, -0.15) is 0 Å². The lowest BCUT2D eigenvalue weighted by Gasteiger charge is -2.14. The van der Waals surface area contributed by atoms with E-state index in [1.807, 2.05) is 24.3 Å². The molecule has 1 aromatic carbocycles. The topological polar surface area (TPSA) is 89.9 Å². The molecular weight excluding hydrogens is 328 g/mol. The molecule has 7 heteroatoms. The standard InChI is InChI=1S/C19H16N6O/c1-11-10-24(18(26)12-5-4-8-21-9-12)19-23-15-16(25(11)19)13-6-2-3-7-14(13)22-17(15)20/h2-9,11H,10H2,1H3,(H2,20,22). The molecular formula is C19H16N6O. The van der Waals surface area contributed by atoms with Gasteiger partial charge in [0, 0.05) is 24.3 Å². The van der Waals surface area contributed by atoms with Gasteiger partial charge in [-0.25, -0.2) is 9.97 Å². The van der Waals surface area contributed by atoms with E-state index in [1.54, 1.807) is 29.4 Å². The first-order chi connectivity index (χ1) is 12.6. The number of carbonyl (C=O) groups excluding carboxylic acids is 1. The molecule has 2 N–H and O–H groups in total. The van der Waals surface area contributed by atoms with Gasteiger partial charge in [0.1, 0.15) is 5.52 Å². The van der Waals surface area contributed by atoms with Crippen LogP contribution in [0.15, 0.2) is 48.8 Å². The van der Waals surface area contributed by atoms with Crippen LogP contribution in [0, 0.1) is 0 Å². The van der Waals surface area contributed by atoms with Gasteiger partial charge in [0.15, 0.2) is 5.82 Å². The average Bonchev–Trinajstić information content (AvgIpc) is 3.21. The smallest absolute Gasteiger partial charge is 0.262 e. The normalized spacial score (nSPS) is 16.3. The molecule has 1 unspecified atom stereocenters. The van der Waals surface area contributed by atoms with Gasteiger partial charge in [-0.15, -0.1) is 0 Å². The summed E-state index contributed by atoms with van der Waals surface area (Å²) in [7, 11) is 0. The van der Waals surface area contributed by atoms with Crippen molar-refractivity contribution in [2.45, 2.75) is 13.0 Å². The molecule has 128 valence electrons. The second kappa shape index (κ2) is 5.26. The summed E-state index contributed by atoms with van der Waals surface area (Å²) in [5.41, 5.74) is 9.08. The van der Waals surface area contributed by atoms with Crippen LogP contribution < -0.4 is 10.6 Å². The molecule has 0 saturated heterocycles. The fourth-order valence-corrected chi connectivity index (χ4v) is 3.67. The molecule has 3 aromatic heterocycles. The number of anilines is 2. The van der Waals surface area contributed by atoms with E-state index in [4.69, 9.17) is 5.73 Å². The van der Waals surface area contributed by atoms with Crippen LogP contribution in [0.1, 0.15) is 23.3 Å². The monoisotopic (exact) mass is 344 g/mol. The molecule has 5 rings (SSSR count). The molecule has 1 aliphatic rings. The Hall–Kier alpha value is -3.48. The lowest BCUT2D eigenvalue weighted by molar-refractivity contribution is 0.0987. The summed E-state index contributed by atoms with van der Waals surface area (Å²) in [6.07, 6.45) is 3.22. The minimum Gasteiger partial charge on any atom is -0.382 e. The summed E-state index contributed by atoms with van der Waals surface area (Å²) in [6.45, 7) is 2.63. The number of nitrogens with two attached hydrogens (primary N) is 1. The van der Waals surface area contributed by atoms with Gasteiger partial charge in [0.2, 0.25) is 5.95 Å². The number of imidazole rings is 1. The van der Waals surface area contributed by atoms with E-state index in [0.29, 0.717) is 29.4 Å². The molecule has 7 nitrogen and oxygen atoms in total. The lowest BCUT2D eigenvalue weighted by Crippen LogP contribution is -2.30. The molecule has 1 aliphatic heterocycles. The Morgan fingerprint density at radius 3 is 2.85 bits per heavy atom. The van der Waals surface area contributed by atoms with Gasteiger partial charge in [-0.05, 0) is 25.1 Å².